The Morgan fingerprint density at radius 1 is 1.06 bits per heavy atom. The highest BCUT2D eigenvalue weighted by molar-refractivity contribution is 5.99. The number of pyridine rings is 1. The highest BCUT2D eigenvalue weighted by Crippen LogP contribution is 2.21. The first kappa shape index (κ1) is 21.0. The number of para-hydroxylation sites is 1. The third-order valence-electron chi connectivity index (χ3n) is 5.08. The number of fused-ring (bicyclic) bond motifs is 1. The van der Waals surface area contributed by atoms with Gasteiger partial charge in [-0.2, -0.15) is 0 Å². The fourth-order valence-corrected chi connectivity index (χ4v) is 3.49. The third-order valence-corrected chi connectivity index (χ3v) is 5.08. The fourth-order valence-electron chi connectivity index (χ4n) is 3.49. The summed E-state index contributed by atoms with van der Waals surface area (Å²) in [6.45, 7) is 1.88. The number of carbonyl (C=O) groups is 2. The monoisotopic (exact) mass is 429 g/mol. The fraction of sp³-hybridized carbons (Fsp3) is 0.167. The first-order valence-corrected chi connectivity index (χ1v) is 10.2. The number of imidazole rings is 1. The molecule has 0 radical (unpaired) electrons. The Morgan fingerprint density at radius 3 is 2.53 bits per heavy atom. The summed E-state index contributed by atoms with van der Waals surface area (Å²) in [6, 6.07) is 17.1. The second-order valence-electron chi connectivity index (χ2n) is 7.56. The summed E-state index contributed by atoms with van der Waals surface area (Å²) in [5, 5.41) is 15.5. The van der Waals surface area contributed by atoms with Crippen molar-refractivity contribution in [3.05, 3.63) is 78.6 Å². The number of nitrogens with zero attached hydrogens (tertiary/aromatic N) is 2. The molecule has 0 fully saturated rings. The first-order chi connectivity index (χ1) is 15.5. The van der Waals surface area contributed by atoms with E-state index in [1.807, 2.05) is 49.4 Å². The number of hydrogen-bond donors (Lipinski definition) is 4. The van der Waals surface area contributed by atoms with E-state index in [-0.39, 0.29) is 12.5 Å². The quantitative estimate of drug-likeness (QED) is 0.339. The van der Waals surface area contributed by atoms with E-state index >= 15 is 0 Å². The average molecular weight is 429 g/mol. The van der Waals surface area contributed by atoms with Gasteiger partial charge in [-0.05, 0) is 55.8 Å². The van der Waals surface area contributed by atoms with Crippen LogP contribution < -0.4 is 10.6 Å². The number of rotatable bonds is 8. The zero-order valence-corrected chi connectivity index (χ0v) is 17.4. The van der Waals surface area contributed by atoms with Gasteiger partial charge in [-0.25, -0.2) is 9.78 Å². The van der Waals surface area contributed by atoms with Crippen LogP contribution in [-0.4, -0.2) is 44.0 Å². The van der Waals surface area contributed by atoms with Gasteiger partial charge in [0.1, 0.15) is 11.9 Å². The lowest BCUT2D eigenvalue weighted by Gasteiger charge is -2.21. The van der Waals surface area contributed by atoms with Crippen LogP contribution in [0.25, 0.3) is 22.4 Å². The number of amides is 1. The van der Waals surface area contributed by atoms with Crippen molar-refractivity contribution in [1.82, 2.24) is 20.3 Å². The van der Waals surface area contributed by atoms with Crippen molar-refractivity contribution in [3.8, 4) is 11.4 Å². The number of aromatic amines is 1. The number of aromatic nitrogens is 3. The van der Waals surface area contributed by atoms with Gasteiger partial charge in [0.25, 0.3) is 5.91 Å². The van der Waals surface area contributed by atoms with E-state index in [0.717, 1.165) is 11.3 Å². The Labute approximate surface area is 184 Å². The van der Waals surface area contributed by atoms with Gasteiger partial charge in [-0.15, -0.1) is 0 Å². The lowest BCUT2D eigenvalue weighted by molar-refractivity contribution is -0.139. The molecule has 4 rings (SSSR count). The van der Waals surface area contributed by atoms with E-state index in [1.54, 1.807) is 30.6 Å². The maximum atomic E-state index is 12.8. The van der Waals surface area contributed by atoms with Crippen LogP contribution in [0.3, 0.4) is 0 Å². The number of benzene rings is 2. The molecule has 0 saturated carbocycles. The normalized spacial score (nSPS) is 12.8. The number of nitrogens with one attached hydrogen (secondary N) is 3. The number of H-pyrrole nitrogens is 1. The second kappa shape index (κ2) is 9.30. The zero-order valence-electron chi connectivity index (χ0n) is 17.4. The maximum absolute atomic E-state index is 12.8. The summed E-state index contributed by atoms with van der Waals surface area (Å²) in [5.41, 5.74) is 3.54. The Morgan fingerprint density at radius 2 is 1.81 bits per heavy atom. The van der Waals surface area contributed by atoms with Crippen LogP contribution in [0.1, 0.15) is 23.7 Å². The molecule has 0 aliphatic rings. The summed E-state index contributed by atoms with van der Waals surface area (Å²) in [5.74, 6) is -0.863. The maximum Gasteiger partial charge on any atom is 0.326 e. The minimum absolute atomic E-state index is 0.156. The van der Waals surface area contributed by atoms with Gasteiger partial charge >= 0.3 is 5.97 Å². The van der Waals surface area contributed by atoms with Gasteiger partial charge in [0.15, 0.2) is 0 Å². The van der Waals surface area contributed by atoms with Gasteiger partial charge in [0, 0.05) is 35.2 Å². The molecule has 2 aromatic carbocycles. The van der Waals surface area contributed by atoms with Crippen LogP contribution in [-0.2, 0) is 4.79 Å². The molecule has 0 aliphatic carbocycles. The standard InChI is InChI=1S/C24H23N5O3/c1-15(26-18-5-3-2-4-6-18)13-21(24(31)32)29-23(30)17-7-8-19-20(14-17)28-22(27-19)16-9-11-25-12-10-16/h2-12,14-15,21,26H,13H2,1H3,(H,27,28)(H,29,30)(H,31,32). The molecule has 2 unspecified atom stereocenters. The van der Waals surface area contributed by atoms with E-state index in [9.17, 15) is 14.7 Å². The Hall–Kier alpha value is -4.20. The van der Waals surface area contributed by atoms with E-state index in [1.165, 1.54) is 0 Å². The van der Waals surface area contributed by atoms with Gasteiger partial charge in [0.05, 0.1) is 11.0 Å². The largest absolute Gasteiger partial charge is 0.480 e. The topological polar surface area (TPSA) is 120 Å². The minimum Gasteiger partial charge on any atom is -0.480 e. The molecule has 8 nitrogen and oxygen atoms in total. The third kappa shape index (κ3) is 4.92. The van der Waals surface area contributed by atoms with Crippen molar-refractivity contribution in [2.75, 3.05) is 5.32 Å². The molecule has 162 valence electrons. The molecule has 2 aromatic heterocycles. The molecule has 1 amide bonds. The lowest BCUT2D eigenvalue weighted by Crippen LogP contribution is -2.43. The predicted molar refractivity (Wildman–Crippen MR) is 122 cm³/mol. The molecule has 8 heteroatoms. The molecular formula is C24H23N5O3. The zero-order chi connectivity index (χ0) is 22.5. The van der Waals surface area contributed by atoms with Crippen molar-refractivity contribution >= 4 is 28.6 Å². The number of carboxylic acids is 1. The Bertz CT molecular complexity index is 1220. The second-order valence-corrected chi connectivity index (χ2v) is 7.56. The number of carbonyl (C=O) groups excluding carboxylic acids is 1. The van der Waals surface area contributed by atoms with E-state index in [4.69, 9.17) is 0 Å². The highest BCUT2D eigenvalue weighted by Gasteiger charge is 2.23. The number of hydrogen-bond acceptors (Lipinski definition) is 5. The average Bonchev–Trinajstić information content (AvgIpc) is 3.23. The molecule has 4 aromatic rings. The molecule has 32 heavy (non-hydrogen) atoms. The van der Waals surface area contributed by atoms with Crippen LogP contribution in [0, 0.1) is 0 Å². The summed E-state index contributed by atoms with van der Waals surface area (Å²) in [7, 11) is 0. The van der Waals surface area contributed by atoms with Gasteiger partial charge in [-0.3, -0.25) is 9.78 Å². The van der Waals surface area contributed by atoms with E-state index in [0.29, 0.717) is 22.4 Å². The Balaban J connectivity index is 1.46. The van der Waals surface area contributed by atoms with Crippen molar-refractivity contribution in [2.45, 2.75) is 25.4 Å². The summed E-state index contributed by atoms with van der Waals surface area (Å²) < 4.78 is 0. The van der Waals surface area contributed by atoms with Crippen LogP contribution >= 0.6 is 0 Å². The molecular weight excluding hydrogens is 406 g/mol. The summed E-state index contributed by atoms with van der Waals surface area (Å²) in [4.78, 5) is 36.3. The van der Waals surface area contributed by atoms with Crippen molar-refractivity contribution in [2.24, 2.45) is 0 Å². The molecule has 2 heterocycles. The van der Waals surface area contributed by atoms with Crippen LogP contribution in [0.15, 0.2) is 73.1 Å². The molecule has 2 atom stereocenters. The molecule has 0 aliphatic heterocycles. The first-order valence-electron chi connectivity index (χ1n) is 10.2. The van der Waals surface area contributed by atoms with Gasteiger partial charge in [0.2, 0.25) is 0 Å². The molecule has 4 N–H and O–H groups in total. The van der Waals surface area contributed by atoms with E-state index in [2.05, 4.69) is 25.6 Å². The summed E-state index contributed by atoms with van der Waals surface area (Å²) in [6.07, 6.45) is 3.59. The number of anilines is 1. The number of carboxylic acid groups (broad SMARTS) is 1. The van der Waals surface area contributed by atoms with Gasteiger partial charge < -0.3 is 20.7 Å². The van der Waals surface area contributed by atoms with Crippen LogP contribution in [0.5, 0.6) is 0 Å². The Kier molecular flexibility index (Phi) is 6.12. The minimum atomic E-state index is -1.08. The van der Waals surface area contributed by atoms with Crippen LogP contribution in [0.4, 0.5) is 5.69 Å². The molecule has 0 bridgehead atoms. The number of aliphatic carboxylic acids is 1. The SMILES string of the molecule is CC(CC(NC(=O)c1ccc2nc(-c3ccncc3)[nH]c2c1)C(=O)O)Nc1ccccc1. The molecule has 0 saturated heterocycles. The van der Waals surface area contributed by atoms with Crippen molar-refractivity contribution in [3.63, 3.8) is 0 Å². The molecule has 0 spiro atoms. The smallest absolute Gasteiger partial charge is 0.326 e. The predicted octanol–water partition coefficient (Wildman–Crippen LogP) is 3.70. The van der Waals surface area contributed by atoms with Crippen molar-refractivity contribution < 1.29 is 14.7 Å². The van der Waals surface area contributed by atoms with E-state index < -0.39 is 17.9 Å². The van der Waals surface area contributed by atoms with Gasteiger partial charge in [-0.1, -0.05) is 18.2 Å². The lowest BCUT2D eigenvalue weighted by atomic mass is 10.1. The van der Waals surface area contributed by atoms with Crippen LogP contribution in [0.2, 0.25) is 0 Å². The van der Waals surface area contributed by atoms with Crippen molar-refractivity contribution in [1.29, 1.82) is 0 Å². The summed E-state index contributed by atoms with van der Waals surface area (Å²) >= 11 is 0. The highest BCUT2D eigenvalue weighted by atomic mass is 16.4.